The molecular formula is C19H22F3N3O2S. The number of thiazole rings is 1. The highest BCUT2D eigenvalue weighted by molar-refractivity contribution is 7.15. The van der Waals surface area contributed by atoms with Gasteiger partial charge >= 0.3 is 6.18 Å². The zero-order valence-corrected chi connectivity index (χ0v) is 16.3. The maximum atomic E-state index is 12.8. The fraction of sp³-hybridized carbons (Fsp3) is 0.421. The van der Waals surface area contributed by atoms with Crippen LogP contribution in [0.4, 0.5) is 18.3 Å². The van der Waals surface area contributed by atoms with Gasteiger partial charge in [-0.1, -0.05) is 24.6 Å². The van der Waals surface area contributed by atoms with Gasteiger partial charge in [0.1, 0.15) is 0 Å². The molecule has 2 amide bonds. The van der Waals surface area contributed by atoms with Crippen LogP contribution < -0.4 is 10.6 Å². The second-order valence-corrected chi connectivity index (χ2v) is 7.46. The molecule has 5 nitrogen and oxygen atoms in total. The third-order valence-corrected chi connectivity index (χ3v) is 4.80. The summed E-state index contributed by atoms with van der Waals surface area (Å²) in [5, 5.41) is 5.84. The highest BCUT2D eigenvalue weighted by Crippen LogP contribution is 2.30. The zero-order valence-electron chi connectivity index (χ0n) is 15.4. The van der Waals surface area contributed by atoms with E-state index in [0.717, 1.165) is 29.9 Å². The van der Waals surface area contributed by atoms with Crippen molar-refractivity contribution in [1.29, 1.82) is 0 Å². The van der Waals surface area contributed by atoms with E-state index in [1.807, 2.05) is 0 Å². The lowest BCUT2D eigenvalue weighted by Crippen LogP contribution is -2.20. The van der Waals surface area contributed by atoms with Crippen molar-refractivity contribution in [2.24, 2.45) is 0 Å². The number of carbonyl (C=O) groups excluding carboxylic acids is 2. The van der Waals surface area contributed by atoms with Crippen molar-refractivity contribution in [2.75, 3.05) is 11.9 Å². The first-order valence-corrected chi connectivity index (χ1v) is 9.71. The fourth-order valence-electron chi connectivity index (χ4n) is 2.54. The minimum absolute atomic E-state index is 0.0672. The Bertz CT molecular complexity index is 806. The average molecular weight is 413 g/mol. The Labute approximate surface area is 165 Å². The molecule has 28 heavy (non-hydrogen) atoms. The van der Waals surface area contributed by atoms with Crippen LogP contribution >= 0.6 is 11.3 Å². The number of alkyl halides is 3. The van der Waals surface area contributed by atoms with Crippen LogP contribution in [0.15, 0.2) is 30.5 Å². The predicted octanol–water partition coefficient (Wildman–Crippen LogP) is 4.39. The number of aromatic nitrogens is 1. The molecule has 0 aliphatic carbocycles. The van der Waals surface area contributed by atoms with Gasteiger partial charge in [0.2, 0.25) is 11.8 Å². The highest BCUT2D eigenvalue weighted by Gasteiger charge is 2.30. The Balaban J connectivity index is 1.78. The molecule has 0 aliphatic rings. The predicted molar refractivity (Wildman–Crippen MR) is 102 cm³/mol. The molecular weight excluding hydrogens is 391 g/mol. The van der Waals surface area contributed by atoms with Crippen molar-refractivity contribution < 1.29 is 22.8 Å². The van der Waals surface area contributed by atoms with E-state index < -0.39 is 11.7 Å². The van der Waals surface area contributed by atoms with Crippen LogP contribution in [-0.2, 0) is 22.2 Å². The molecule has 2 aromatic rings. The molecule has 0 unspecified atom stereocenters. The third kappa shape index (κ3) is 7.67. The summed E-state index contributed by atoms with van der Waals surface area (Å²) in [6.45, 7) is 2.06. The number of carbonyl (C=O) groups is 2. The molecule has 0 spiro atoms. The van der Waals surface area contributed by atoms with Crippen LogP contribution in [-0.4, -0.2) is 23.3 Å². The van der Waals surface area contributed by atoms with Crippen molar-refractivity contribution in [3.63, 3.8) is 0 Å². The maximum Gasteiger partial charge on any atom is 0.416 e. The summed E-state index contributed by atoms with van der Waals surface area (Å²) in [5.41, 5.74) is -0.142. The smallest absolute Gasteiger partial charge is 0.356 e. The van der Waals surface area contributed by atoms with Crippen molar-refractivity contribution in [1.82, 2.24) is 10.3 Å². The lowest BCUT2D eigenvalue weighted by atomic mass is 10.1. The van der Waals surface area contributed by atoms with E-state index in [1.165, 1.54) is 24.3 Å². The summed E-state index contributed by atoms with van der Waals surface area (Å²) in [5.74, 6) is -0.220. The number of halogens is 3. The number of amides is 2. The molecule has 2 rings (SSSR count). The van der Waals surface area contributed by atoms with Gasteiger partial charge in [0.05, 0.1) is 5.56 Å². The number of nitrogens with one attached hydrogen (secondary N) is 2. The molecule has 0 saturated heterocycles. The Morgan fingerprint density at radius 3 is 2.68 bits per heavy atom. The largest absolute Gasteiger partial charge is 0.416 e. The van der Waals surface area contributed by atoms with Crippen LogP contribution in [0.5, 0.6) is 0 Å². The molecule has 9 heteroatoms. The van der Waals surface area contributed by atoms with E-state index in [4.69, 9.17) is 0 Å². The van der Waals surface area contributed by atoms with Gasteiger partial charge in [-0.3, -0.25) is 9.59 Å². The molecule has 1 heterocycles. The number of unbranched alkanes of at least 4 members (excludes halogenated alkanes) is 2. The molecule has 1 aromatic heterocycles. The normalized spacial score (nSPS) is 11.3. The lowest BCUT2D eigenvalue weighted by molar-refractivity contribution is -0.137. The minimum atomic E-state index is -4.37. The number of rotatable bonds is 9. The quantitative estimate of drug-likeness (QED) is 0.599. The van der Waals surface area contributed by atoms with Gasteiger partial charge in [-0.05, 0) is 24.5 Å². The van der Waals surface area contributed by atoms with Gasteiger partial charge in [0, 0.05) is 37.4 Å². The van der Waals surface area contributed by atoms with E-state index in [9.17, 15) is 22.8 Å². The van der Waals surface area contributed by atoms with E-state index in [1.54, 1.807) is 12.3 Å². The molecule has 0 atom stereocenters. The Kier molecular flexibility index (Phi) is 7.98. The molecule has 152 valence electrons. The van der Waals surface area contributed by atoms with E-state index in [0.29, 0.717) is 36.5 Å². The SMILES string of the molecule is CC(=O)NCCCCCC(=O)Nc1ncc(Cc2cccc(C(F)(F)F)c2)s1. The van der Waals surface area contributed by atoms with Gasteiger partial charge in [-0.25, -0.2) is 4.98 Å². The maximum absolute atomic E-state index is 12.8. The summed E-state index contributed by atoms with van der Waals surface area (Å²) >= 11 is 1.25. The van der Waals surface area contributed by atoms with Crippen molar-refractivity contribution >= 4 is 28.3 Å². The van der Waals surface area contributed by atoms with Crippen LogP contribution in [0.25, 0.3) is 0 Å². The van der Waals surface area contributed by atoms with Crippen LogP contribution in [0.3, 0.4) is 0 Å². The molecule has 0 fully saturated rings. The number of hydrogen-bond acceptors (Lipinski definition) is 4. The second kappa shape index (κ2) is 10.2. The lowest BCUT2D eigenvalue weighted by Gasteiger charge is -2.07. The molecule has 0 bridgehead atoms. The molecule has 2 N–H and O–H groups in total. The van der Waals surface area contributed by atoms with E-state index in [-0.39, 0.29) is 11.8 Å². The van der Waals surface area contributed by atoms with E-state index in [2.05, 4.69) is 15.6 Å². The molecule has 0 aliphatic heterocycles. The first-order valence-electron chi connectivity index (χ1n) is 8.89. The molecule has 1 aromatic carbocycles. The van der Waals surface area contributed by atoms with Crippen LogP contribution in [0.1, 0.15) is 48.6 Å². The Hall–Kier alpha value is -2.42. The van der Waals surface area contributed by atoms with Gasteiger partial charge in [0.15, 0.2) is 5.13 Å². The second-order valence-electron chi connectivity index (χ2n) is 6.35. The summed E-state index contributed by atoms with van der Waals surface area (Å²) in [6, 6.07) is 5.18. The summed E-state index contributed by atoms with van der Waals surface area (Å²) < 4.78 is 38.4. The number of benzene rings is 1. The van der Waals surface area contributed by atoms with E-state index >= 15 is 0 Å². The monoisotopic (exact) mass is 413 g/mol. The first kappa shape index (κ1) is 21.9. The minimum Gasteiger partial charge on any atom is -0.356 e. The number of anilines is 1. The van der Waals surface area contributed by atoms with Crippen LogP contribution in [0, 0.1) is 0 Å². The number of nitrogens with zero attached hydrogens (tertiary/aromatic N) is 1. The van der Waals surface area contributed by atoms with Crippen molar-refractivity contribution in [3.05, 3.63) is 46.5 Å². The first-order chi connectivity index (χ1) is 13.2. The molecule has 0 radical (unpaired) electrons. The fourth-order valence-corrected chi connectivity index (χ4v) is 3.40. The van der Waals surface area contributed by atoms with Crippen molar-refractivity contribution in [3.8, 4) is 0 Å². The number of hydrogen-bond donors (Lipinski definition) is 2. The Morgan fingerprint density at radius 1 is 1.18 bits per heavy atom. The van der Waals surface area contributed by atoms with Gasteiger partial charge in [-0.2, -0.15) is 13.2 Å². The summed E-state index contributed by atoms with van der Waals surface area (Å²) in [4.78, 5) is 27.6. The summed E-state index contributed by atoms with van der Waals surface area (Å²) in [7, 11) is 0. The highest BCUT2D eigenvalue weighted by atomic mass is 32.1. The van der Waals surface area contributed by atoms with Gasteiger partial charge in [-0.15, -0.1) is 11.3 Å². The topological polar surface area (TPSA) is 71.1 Å². The molecule has 0 saturated carbocycles. The van der Waals surface area contributed by atoms with Crippen molar-refractivity contribution in [2.45, 2.75) is 45.2 Å². The standard InChI is InChI=1S/C19H22F3N3O2S/c1-13(26)23-9-4-2-3-8-17(27)25-18-24-12-16(28-18)11-14-6-5-7-15(10-14)19(20,21)22/h5-7,10,12H,2-4,8-9,11H2,1H3,(H,23,26)(H,24,25,27). The van der Waals surface area contributed by atoms with Gasteiger partial charge < -0.3 is 10.6 Å². The summed E-state index contributed by atoms with van der Waals surface area (Å²) in [6.07, 6.45) is 0.202. The third-order valence-electron chi connectivity index (χ3n) is 3.89. The zero-order chi connectivity index (χ0) is 20.6. The van der Waals surface area contributed by atoms with Gasteiger partial charge in [0.25, 0.3) is 0 Å². The van der Waals surface area contributed by atoms with Crippen LogP contribution in [0.2, 0.25) is 0 Å². The average Bonchev–Trinajstić information content (AvgIpc) is 3.04. The Morgan fingerprint density at radius 2 is 1.96 bits per heavy atom.